The molecule has 0 amide bonds. The van der Waals surface area contributed by atoms with Crippen molar-refractivity contribution in [3.05, 3.63) is 36.2 Å². The summed E-state index contributed by atoms with van der Waals surface area (Å²) in [7, 11) is 0. The van der Waals surface area contributed by atoms with E-state index >= 15 is 0 Å². The van der Waals surface area contributed by atoms with Gasteiger partial charge in [0.05, 0.1) is 0 Å². The number of nitrogen functional groups attached to an aromatic ring is 1. The van der Waals surface area contributed by atoms with Crippen LogP contribution in [0.2, 0.25) is 0 Å². The molecule has 1 radical (unpaired) electrons. The summed E-state index contributed by atoms with van der Waals surface area (Å²) in [6, 6.07) is 6.17. The van der Waals surface area contributed by atoms with Crippen LogP contribution in [0.25, 0.3) is 0 Å². The van der Waals surface area contributed by atoms with Gasteiger partial charge in [0.15, 0.2) is 0 Å². The lowest BCUT2D eigenvalue weighted by atomic mass is 10.0. The standard InChI is InChI=1S/C19H32N/c1-3-4-5-6-7-8-9-10-11-12-13-18-15-14-17(2)16-19(18)20/h14-16H,2-13,20H2,1H3. The summed E-state index contributed by atoms with van der Waals surface area (Å²) in [5.41, 5.74) is 9.21. The Balaban J connectivity index is 1.97. The van der Waals surface area contributed by atoms with Gasteiger partial charge in [0.1, 0.15) is 0 Å². The van der Waals surface area contributed by atoms with E-state index in [4.69, 9.17) is 5.73 Å². The molecule has 0 fully saturated rings. The highest BCUT2D eigenvalue weighted by atomic mass is 14.6. The minimum Gasteiger partial charge on any atom is -0.398 e. The first-order valence-electron chi connectivity index (χ1n) is 8.44. The second-order valence-corrected chi connectivity index (χ2v) is 5.97. The Morgan fingerprint density at radius 1 is 0.850 bits per heavy atom. The van der Waals surface area contributed by atoms with Gasteiger partial charge in [-0.25, -0.2) is 0 Å². The topological polar surface area (TPSA) is 26.0 Å². The average molecular weight is 274 g/mol. The lowest BCUT2D eigenvalue weighted by Gasteiger charge is -2.06. The van der Waals surface area contributed by atoms with Gasteiger partial charge in [0.25, 0.3) is 0 Å². The zero-order valence-electron chi connectivity index (χ0n) is 13.3. The van der Waals surface area contributed by atoms with Gasteiger partial charge in [-0.05, 0) is 37.0 Å². The molecule has 1 rings (SSSR count). The predicted octanol–water partition coefficient (Wildman–Crippen LogP) is 5.91. The molecular formula is C19H32N. The van der Waals surface area contributed by atoms with Gasteiger partial charge < -0.3 is 5.73 Å². The van der Waals surface area contributed by atoms with E-state index in [2.05, 4.69) is 26.0 Å². The third kappa shape index (κ3) is 7.57. The van der Waals surface area contributed by atoms with Crippen LogP contribution in [0.4, 0.5) is 5.69 Å². The van der Waals surface area contributed by atoms with Gasteiger partial charge in [0.2, 0.25) is 0 Å². The minimum absolute atomic E-state index is 0.911. The number of anilines is 1. The van der Waals surface area contributed by atoms with Crippen molar-refractivity contribution >= 4 is 5.69 Å². The summed E-state index contributed by atoms with van der Waals surface area (Å²) in [5.74, 6) is 0. The lowest BCUT2D eigenvalue weighted by Crippen LogP contribution is -1.95. The summed E-state index contributed by atoms with van der Waals surface area (Å²) in [4.78, 5) is 0. The Morgan fingerprint density at radius 2 is 1.40 bits per heavy atom. The van der Waals surface area contributed by atoms with Crippen LogP contribution in [0.15, 0.2) is 18.2 Å². The second-order valence-electron chi connectivity index (χ2n) is 5.97. The predicted molar refractivity (Wildman–Crippen MR) is 90.9 cm³/mol. The number of nitrogens with two attached hydrogens (primary N) is 1. The van der Waals surface area contributed by atoms with Crippen LogP contribution in [0.3, 0.4) is 0 Å². The van der Waals surface area contributed by atoms with Crippen molar-refractivity contribution in [3.63, 3.8) is 0 Å². The molecule has 0 saturated heterocycles. The molecule has 113 valence electrons. The van der Waals surface area contributed by atoms with Crippen molar-refractivity contribution in [2.75, 3.05) is 5.73 Å². The Kier molecular flexibility index (Phi) is 9.19. The highest BCUT2D eigenvalue weighted by Gasteiger charge is 1.99. The van der Waals surface area contributed by atoms with Crippen LogP contribution in [-0.2, 0) is 6.42 Å². The molecule has 0 atom stereocenters. The van der Waals surface area contributed by atoms with Crippen molar-refractivity contribution in [3.8, 4) is 0 Å². The fraction of sp³-hybridized carbons (Fsp3) is 0.632. The Labute approximate surface area is 126 Å². The lowest BCUT2D eigenvalue weighted by molar-refractivity contribution is 0.556. The molecule has 0 bridgehead atoms. The van der Waals surface area contributed by atoms with E-state index in [1.54, 1.807) is 0 Å². The number of unbranched alkanes of at least 4 members (excludes halogenated alkanes) is 9. The van der Waals surface area contributed by atoms with Crippen LogP contribution >= 0.6 is 0 Å². The summed E-state index contributed by atoms with van der Waals surface area (Å²) < 4.78 is 0. The van der Waals surface area contributed by atoms with E-state index in [1.165, 1.54) is 69.8 Å². The first-order valence-corrected chi connectivity index (χ1v) is 8.44. The highest BCUT2D eigenvalue weighted by Crippen LogP contribution is 2.17. The minimum atomic E-state index is 0.911. The molecular weight excluding hydrogens is 242 g/mol. The normalized spacial score (nSPS) is 10.9. The van der Waals surface area contributed by atoms with Crippen LogP contribution in [0.1, 0.15) is 82.3 Å². The fourth-order valence-corrected chi connectivity index (χ4v) is 2.67. The Hall–Kier alpha value is -0.980. The molecule has 0 heterocycles. The molecule has 0 saturated carbocycles. The maximum absolute atomic E-state index is 6.00. The maximum Gasteiger partial charge on any atom is 0.0349 e. The molecule has 0 aliphatic rings. The maximum atomic E-state index is 6.00. The van der Waals surface area contributed by atoms with Gasteiger partial charge >= 0.3 is 0 Å². The van der Waals surface area contributed by atoms with Gasteiger partial charge in [-0.2, -0.15) is 0 Å². The van der Waals surface area contributed by atoms with E-state index in [0.717, 1.165) is 17.7 Å². The van der Waals surface area contributed by atoms with E-state index in [-0.39, 0.29) is 0 Å². The van der Waals surface area contributed by atoms with E-state index in [1.807, 2.05) is 6.07 Å². The molecule has 1 aromatic rings. The van der Waals surface area contributed by atoms with Gasteiger partial charge in [-0.3, -0.25) is 0 Å². The highest BCUT2D eigenvalue weighted by molar-refractivity contribution is 5.49. The van der Waals surface area contributed by atoms with E-state index in [9.17, 15) is 0 Å². The summed E-state index contributed by atoms with van der Waals surface area (Å²) in [5, 5.41) is 0. The van der Waals surface area contributed by atoms with E-state index < -0.39 is 0 Å². The van der Waals surface area contributed by atoms with Crippen molar-refractivity contribution in [2.45, 2.75) is 77.6 Å². The summed E-state index contributed by atoms with van der Waals surface area (Å²) >= 11 is 0. The molecule has 0 aliphatic carbocycles. The van der Waals surface area contributed by atoms with Crippen LogP contribution in [0, 0.1) is 6.92 Å². The molecule has 1 aromatic carbocycles. The SMILES string of the molecule is [CH2]c1ccc(CCCCCCCCCCCC)c(N)c1. The summed E-state index contributed by atoms with van der Waals surface area (Å²) in [6.07, 6.45) is 15.0. The molecule has 0 spiro atoms. The molecule has 0 aliphatic heterocycles. The monoisotopic (exact) mass is 274 g/mol. The Bertz CT molecular complexity index is 357. The van der Waals surface area contributed by atoms with Crippen LogP contribution in [0.5, 0.6) is 0 Å². The first kappa shape index (κ1) is 17.1. The summed E-state index contributed by atoms with van der Waals surface area (Å²) in [6.45, 7) is 6.17. The smallest absolute Gasteiger partial charge is 0.0349 e. The van der Waals surface area contributed by atoms with Crippen LogP contribution in [-0.4, -0.2) is 0 Å². The van der Waals surface area contributed by atoms with Crippen molar-refractivity contribution < 1.29 is 0 Å². The molecule has 2 N–H and O–H groups in total. The molecule has 1 heteroatoms. The largest absolute Gasteiger partial charge is 0.398 e. The number of hydrogen-bond acceptors (Lipinski definition) is 1. The van der Waals surface area contributed by atoms with E-state index in [0.29, 0.717) is 0 Å². The molecule has 0 aromatic heterocycles. The van der Waals surface area contributed by atoms with Crippen LogP contribution < -0.4 is 5.73 Å². The molecule has 1 nitrogen and oxygen atoms in total. The van der Waals surface area contributed by atoms with Gasteiger partial charge in [0, 0.05) is 5.69 Å². The molecule has 20 heavy (non-hydrogen) atoms. The first-order chi connectivity index (χ1) is 9.74. The third-order valence-electron chi connectivity index (χ3n) is 4.01. The third-order valence-corrected chi connectivity index (χ3v) is 4.01. The average Bonchev–Trinajstić information content (AvgIpc) is 2.43. The number of rotatable bonds is 11. The van der Waals surface area contributed by atoms with Crippen molar-refractivity contribution in [1.29, 1.82) is 0 Å². The number of aryl methyl sites for hydroxylation is 1. The fourth-order valence-electron chi connectivity index (χ4n) is 2.67. The van der Waals surface area contributed by atoms with Gasteiger partial charge in [-0.1, -0.05) is 76.8 Å². The van der Waals surface area contributed by atoms with Crippen molar-refractivity contribution in [2.24, 2.45) is 0 Å². The van der Waals surface area contributed by atoms with Gasteiger partial charge in [-0.15, -0.1) is 0 Å². The Morgan fingerprint density at radius 3 is 1.95 bits per heavy atom. The number of hydrogen-bond donors (Lipinski definition) is 1. The zero-order chi connectivity index (χ0) is 14.6. The quantitative estimate of drug-likeness (QED) is 0.393. The van der Waals surface area contributed by atoms with Crippen molar-refractivity contribution in [1.82, 2.24) is 0 Å². The zero-order valence-corrected chi connectivity index (χ0v) is 13.3. The molecule has 0 unspecified atom stereocenters. The second kappa shape index (κ2) is 10.8. The number of benzene rings is 1.